The molecule has 0 aliphatic rings. The Balaban J connectivity index is 2.56. The number of hydrogen-bond acceptors (Lipinski definition) is 5. The van der Waals surface area contributed by atoms with Crippen LogP contribution in [-0.4, -0.2) is 23.2 Å². The van der Waals surface area contributed by atoms with Crippen molar-refractivity contribution in [3.8, 4) is 6.07 Å². The summed E-state index contributed by atoms with van der Waals surface area (Å²) in [6.07, 6.45) is 3.55. The highest BCUT2D eigenvalue weighted by Crippen LogP contribution is 2.25. The summed E-state index contributed by atoms with van der Waals surface area (Å²) in [6, 6.07) is 6.23. The lowest BCUT2D eigenvalue weighted by Crippen LogP contribution is -2.04. The third kappa shape index (κ3) is 4.94. The Hall–Kier alpha value is -2.13. The van der Waals surface area contributed by atoms with Gasteiger partial charge in [0.1, 0.15) is 5.69 Å². The van der Waals surface area contributed by atoms with Gasteiger partial charge in [-0.2, -0.15) is 5.26 Å². The highest BCUT2D eigenvalue weighted by Gasteiger charge is 2.13. The van der Waals surface area contributed by atoms with E-state index in [1.165, 1.54) is 18.2 Å². The van der Waals surface area contributed by atoms with Gasteiger partial charge in [-0.25, -0.2) is 0 Å². The van der Waals surface area contributed by atoms with Gasteiger partial charge in [0.2, 0.25) is 0 Å². The third-order valence-electron chi connectivity index (χ3n) is 2.72. The molecule has 2 N–H and O–H groups in total. The number of anilines is 1. The van der Waals surface area contributed by atoms with Gasteiger partial charge in [0, 0.05) is 19.2 Å². The number of nitro groups is 1. The summed E-state index contributed by atoms with van der Waals surface area (Å²) in [5.74, 6) is 0. The van der Waals surface area contributed by atoms with E-state index in [1.807, 2.05) is 6.07 Å². The zero-order valence-electron chi connectivity index (χ0n) is 10.6. The molecule has 6 nitrogen and oxygen atoms in total. The summed E-state index contributed by atoms with van der Waals surface area (Å²) < 4.78 is 0. The summed E-state index contributed by atoms with van der Waals surface area (Å²) in [4.78, 5) is 10.4. The third-order valence-corrected chi connectivity index (χ3v) is 2.72. The predicted molar refractivity (Wildman–Crippen MR) is 71.9 cm³/mol. The molecule has 0 heterocycles. The second-order valence-electron chi connectivity index (χ2n) is 4.17. The molecule has 0 atom stereocenters. The van der Waals surface area contributed by atoms with Crippen LogP contribution in [0.15, 0.2) is 18.2 Å². The van der Waals surface area contributed by atoms with Crippen molar-refractivity contribution >= 4 is 11.4 Å². The number of aliphatic hydroxyl groups is 1. The van der Waals surface area contributed by atoms with Crippen molar-refractivity contribution in [3.05, 3.63) is 33.9 Å². The fourth-order valence-electron chi connectivity index (χ4n) is 1.72. The summed E-state index contributed by atoms with van der Waals surface area (Å²) >= 11 is 0. The first-order valence-electron chi connectivity index (χ1n) is 6.22. The number of unbranched alkanes of at least 4 members (excludes halogenated alkanes) is 3. The zero-order chi connectivity index (χ0) is 14.1. The van der Waals surface area contributed by atoms with Gasteiger partial charge in [-0.05, 0) is 25.0 Å². The van der Waals surface area contributed by atoms with Crippen LogP contribution < -0.4 is 5.32 Å². The summed E-state index contributed by atoms with van der Waals surface area (Å²) in [5, 5.41) is 31.3. The highest BCUT2D eigenvalue weighted by molar-refractivity contribution is 5.64. The van der Waals surface area contributed by atoms with E-state index in [0.29, 0.717) is 17.8 Å². The van der Waals surface area contributed by atoms with Gasteiger partial charge in [0.15, 0.2) is 0 Å². The Morgan fingerprint density at radius 3 is 2.68 bits per heavy atom. The number of nitriles is 1. The minimum absolute atomic E-state index is 0.0191. The van der Waals surface area contributed by atoms with Gasteiger partial charge in [-0.3, -0.25) is 10.1 Å². The molecule has 1 rings (SSSR count). The van der Waals surface area contributed by atoms with Gasteiger partial charge in [0.05, 0.1) is 16.6 Å². The SMILES string of the molecule is N#Cc1ccc([N+](=O)[O-])c(NCCCCCCO)c1. The second-order valence-corrected chi connectivity index (χ2v) is 4.17. The Morgan fingerprint density at radius 2 is 2.05 bits per heavy atom. The number of nitro benzene ring substituents is 1. The highest BCUT2D eigenvalue weighted by atomic mass is 16.6. The van der Waals surface area contributed by atoms with Crippen LogP contribution in [0.25, 0.3) is 0 Å². The van der Waals surface area contributed by atoms with Gasteiger partial charge >= 0.3 is 0 Å². The number of nitrogens with zero attached hydrogens (tertiary/aromatic N) is 2. The van der Waals surface area contributed by atoms with E-state index >= 15 is 0 Å². The van der Waals surface area contributed by atoms with Crippen LogP contribution in [0, 0.1) is 21.4 Å². The molecule has 0 fully saturated rings. The molecule has 0 aliphatic heterocycles. The van der Waals surface area contributed by atoms with Crippen molar-refractivity contribution < 1.29 is 10.0 Å². The Kier molecular flexibility index (Phi) is 6.33. The molecule has 6 heteroatoms. The zero-order valence-corrected chi connectivity index (χ0v) is 10.6. The normalized spacial score (nSPS) is 9.89. The van der Waals surface area contributed by atoms with E-state index in [0.717, 1.165) is 25.7 Å². The molecule has 1 aromatic rings. The number of hydrogen-bond donors (Lipinski definition) is 2. The predicted octanol–water partition coefficient (Wildman–Crippen LogP) is 2.43. The minimum Gasteiger partial charge on any atom is -0.396 e. The van der Waals surface area contributed by atoms with Crippen LogP contribution in [0.5, 0.6) is 0 Å². The monoisotopic (exact) mass is 263 g/mol. The maximum atomic E-state index is 10.9. The molecule has 0 amide bonds. The van der Waals surface area contributed by atoms with Crippen LogP contribution in [-0.2, 0) is 0 Å². The van der Waals surface area contributed by atoms with E-state index in [2.05, 4.69) is 5.32 Å². The minimum atomic E-state index is -0.463. The van der Waals surface area contributed by atoms with Crippen LogP contribution in [0.2, 0.25) is 0 Å². The molecule has 102 valence electrons. The summed E-state index contributed by atoms with van der Waals surface area (Å²) in [6.45, 7) is 0.810. The fraction of sp³-hybridized carbons (Fsp3) is 0.462. The Bertz CT molecular complexity index is 469. The van der Waals surface area contributed by atoms with E-state index in [-0.39, 0.29) is 12.3 Å². The molecule has 0 aromatic heterocycles. The lowest BCUT2D eigenvalue weighted by Gasteiger charge is -2.07. The maximum absolute atomic E-state index is 10.9. The van der Waals surface area contributed by atoms with Crippen molar-refractivity contribution in [1.82, 2.24) is 0 Å². The van der Waals surface area contributed by atoms with Gasteiger partial charge in [-0.1, -0.05) is 12.8 Å². The molecule has 0 aliphatic carbocycles. The number of nitrogens with one attached hydrogen (secondary N) is 1. The molecule has 0 saturated carbocycles. The molecule has 1 aromatic carbocycles. The van der Waals surface area contributed by atoms with Gasteiger partial charge in [-0.15, -0.1) is 0 Å². The molecule has 0 unspecified atom stereocenters. The van der Waals surface area contributed by atoms with Gasteiger partial charge < -0.3 is 10.4 Å². The summed E-state index contributed by atoms with van der Waals surface area (Å²) in [5.41, 5.74) is 0.758. The van der Waals surface area contributed by atoms with E-state index in [4.69, 9.17) is 10.4 Å². The fourth-order valence-corrected chi connectivity index (χ4v) is 1.72. The van der Waals surface area contributed by atoms with Crippen molar-refractivity contribution in [2.45, 2.75) is 25.7 Å². The van der Waals surface area contributed by atoms with Crippen LogP contribution in [0.4, 0.5) is 11.4 Å². The lowest BCUT2D eigenvalue weighted by molar-refractivity contribution is -0.384. The van der Waals surface area contributed by atoms with Crippen LogP contribution in [0.1, 0.15) is 31.2 Å². The Morgan fingerprint density at radius 1 is 1.32 bits per heavy atom. The number of benzene rings is 1. The molecule has 0 saturated heterocycles. The average Bonchev–Trinajstić information content (AvgIpc) is 2.42. The quantitative estimate of drug-likeness (QED) is 0.426. The second kappa shape index (κ2) is 8.06. The molecular weight excluding hydrogens is 246 g/mol. The standard InChI is InChI=1S/C13H17N3O3/c14-10-11-5-6-13(16(18)19)12(9-11)15-7-3-1-2-4-8-17/h5-6,9,15,17H,1-4,7-8H2. The van der Waals surface area contributed by atoms with E-state index in [9.17, 15) is 10.1 Å². The smallest absolute Gasteiger partial charge is 0.292 e. The molecule has 0 spiro atoms. The van der Waals surface area contributed by atoms with Gasteiger partial charge in [0.25, 0.3) is 5.69 Å². The van der Waals surface area contributed by atoms with Crippen molar-refractivity contribution in [1.29, 1.82) is 5.26 Å². The topological polar surface area (TPSA) is 99.2 Å². The first kappa shape index (κ1) is 14.9. The van der Waals surface area contributed by atoms with E-state index in [1.54, 1.807) is 0 Å². The maximum Gasteiger partial charge on any atom is 0.292 e. The molecule has 19 heavy (non-hydrogen) atoms. The van der Waals surface area contributed by atoms with Crippen molar-refractivity contribution in [2.24, 2.45) is 0 Å². The van der Waals surface area contributed by atoms with Crippen LogP contribution >= 0.6 is 0 Å². The number of aliphatic hydroxyl groups excluding tert-OH is 1. The van der Waals surface area contributed by atoms with Crippen molar-refractivity contribution in [3.63, 3.8) is 0 Å². The Labute approximate surface area is 111 Å². The molecular formula is C13H17N3O3. The first-order valence-corrected chi connectivity index (χ1v) is 6.22. The molecule has 0 radical (unpaired) electrons. The lowest BCUT2D eigenvalue weighted by atomic mass is 10.1. The van der Waals surface area contributed by atoms with Crippen molar-refractivity contribution in [2.75, 3.05) is 18.5 Å². The first-order chi connectivity index (χ1) is 9.19. The van der Waals surface area contributed by atoms with E-state index < -0.39 is 4.92 Å². The summed E-state index contributed by atoms with van der Waals surface area (Å²) in [7, 11) is 0. The number of rotatable bonds is 8. The molecule has 0 bridgehead atoms. The average molecular weight is 263 g/mol. The largest absolute Gasteiger partial charge is 0.396 e. The van der Waals surface area contributed by atoms with Crippen LogP contribution in [0.3, 0.4) is 0 Å².